The second kappa shape index (κ2) is 6.97. The monoisotopic (exact) mass is 294 g/mol. The highest BCUT2D eigenvalue weighted by Gasteiger charge is 2.41. The van der Waals surface area contributed by atoms with Gasteiger partial charge in [0, 0.05) is 25.2 Å². The molecule has 2 saturated heterocycles. The fourth-order valence-corrected chi connectivity index (χ4v) is 4.67. The van der Waals surface area contributed by atoms with Crippen LogP contribution >= 0.6 is 0 Å². The third kappa shape index (κ3) is 3.62. The van der Waals surface area contributed by atoms with E-state index in [0.717, 1.165) is 17.9 Å². The van der Waals surface area contributed by atoms with E-state index in [0.29, 0.717) is 18.2 Å². The van der Waals surface area contributed by atoms with Gasteiger partial charge in [-0.25, -0.2) is 0 Å². The van der Waals surface area contributed by atoms with Gasteiger partial charge >= 0.3 is 0 Å². The van der Waals surface area contributed by atoms with Gasteiger partial charge in [0.1, 0.15) is 0 Å². The number of likely N-dealkylation sites (tertiary alicyclic amines) is 1. The Hall–Kier alpha value is -0.120. The first-order valence-electron chi connectivity index (χ1n) is 9.30. The molecule has 1 aliphatic carbocycles. The van der Waals surface area contributed by atoms with E-state index in [1.165, 1.54) is 58.2 Å². The summed E-state index contributed by atoms with van der Waals surface area (Å²) >= 11 is 0. The van der Waals surface area contributed by atoms with Crippen molar-refractivity contribution in [2.75, 3.05) is 19.6 Å². The van der Waals surface area contributed by atoms with Crippen LogP contribution in [0.4, 0.5) is 0 Å². The van der Waals surface area contributed by atoms with Gasteiger partial charge in [0.2, 0.25) is 0 Å². The summed E-state index contributed by atoms with van der Waals surface area (Å²) in [5.74, 6) is 1.74. The Labute approximate surface area is 130 Å². The number of ether oxygens (including phenoxy) is 1. The Morgan fingerprint density at radius 2 is 1.81 bits per heavy atom. The number of nitrogens with one attached hydrogen (secondary N) is 1. The van der Waals surface area contributed by atoms with Crippen molar-refractivity contribution in [3.8, 4) is 0 Å². The standard InChI is InChI=1S/C18H34N2O/c1-4-9-19-17-8-5-14(13(2)3)10-18(17)20-11-15-6-7-16(12-20)21-15/h13-19H,4-12H2,1-3H3. The first-order chi connectivity index (χ1) is 10.2. The zero-order valence-electron chi connectivity index (χ0n) is 14.2. The molecule has 0 aromatic carbocycles. The summed E-state index contributed by atoms with van der Waals surface area (Å²) in [5, 5.41) is 3.85. The lowest BCUT2D eigenvalue weighted by Crippen LogP contribution is -2.58. The minimum atomic E-state index is 0.523. The summed E-state index contributed by atoms with van der Waals surface area (Å²) in [4.78, 5) is 2.79. The molecular weight excluding hydrogens is 260 g/mol. The average Bonchev–Trinajstić information content (AvgIpc) is 2.83. The zero-order chi connectivity index (χ0) is 14.8. The maximum Gasteiger partial charge on any atom is 0.0707 e. The molecule has 2 aliphatic heterocycles. The van der Waals surface area contributed by atoms with Gasteiger partial charge in [0.25, 0.3) is 0 Å². The van der Waals surface area contributed by atoms with Gasteiger partial charge in [-0.2, -0.15) is 0 Å². The molecule has 5 unspecified atom stereocenters. The van der Waals surface area contributed by atoms with Crippen LogP contribution in [0.3, 0.4) is 0 Å². The van der Waals surface area contributed by atoms with Gasteiger partial charge in [0.05, 0.1) is 12.2 Å². The molecule has 5 atom stereocenters. The molecule has 1 saturated carbocycles. The van der Waals surface area contributed by atoms with E-state index in [1.54, 1.807) is 0 Å². The summed E-state index contributed by atoms with van der Waals surface area (Å²) in [7, 11) is 0. The molecule has 0 aromatic heterocycles. The molecule has 3 fully saturated rings. The van der Waals surface area contributed by atoms with Crippen LogP contribution in [0, 0.1) is 11.8 Å². The highest BCUT2D eigenvalue weighted by atomic mass is 16.5. The number of rotatable bonds is 5. The van der Waals surface area contributed by atoms with Crippen molar-refractivity contribution in [1.82, 2.24) is 10.2 Å². The number of fused-ring (bicyclic) bond motifs is 2. The van der Waals surface area contributed by atoms with E-state index in [1.807, 2.05) is 0 Å². The van der Waals surface area contributed by atoms with Crippen molar-refractivity contribution in [2.24, 2.45) is 11.8 Å². The molecule has 2 bridgehead atoms. The zero-order valence-corrected chi connectivity index (χ0v) is 14.2. The molecule has 1 N–H and O–H groups in total. The third-order valence-electron chi connectivity index (χ3n) is 6.00. The molecule has 3 heteroatoms. The van der Waals surface area contributed by atoms with Crippen LogP contribution in [0.5, 0.6) is 0 Å². The molecule has 0 aromatic rings. The maximum absolute atomic E-state index is 6.05. The molecule has 0 spiro atoms. The van der Waals surface area contributed by atoms with Gasteiger partial charge in [-0.15, -0.1) is 0 Å². The first kappa shape index (κ1) is 15.8. The van der Waals surface area contributed by atoms with Crippen LogP contribution in [-0.4, -0.2) is 48.8 Å². The number of nitrogens with zero attached hydrogens (tertiary/aromatic N) is 1. The Balaban J connectivity index is 1.66. The maximum atomic E-state index is 6.05. The van der Waals surface area contributed by atoms with E-state index in [4.69, 9.17) is 4.74 Å². The van der Waals surface area contributed by atoms with Gasteiger partial charge in [-0.1, -0.05) is 20.8 Å². The van der Waals surface area contributed by atoms with E-state index >= 15 is 0 Å². The van der Waals surface area contributed by atoms with Crippen molar-refractivity contribution < 1.29 is 4.74 Å². The lowest BCUT2D eigenvalue weighted by atomic mass is 9.76. The van der Waals surface area contributed by atoms with Crippen LogP contribution in [0.25, 0.3) is 0 Å². The number of morpholine rings is 1. The normalized spacial score (nSPS) is 40.9. The molecule has 0 amide bonds. The van der Waals surface area contributed by atoms with E-state index < -0.39 is 0 Å². The Morgan fingerprint density at radius 3 is 2.43 bits per heavy atom. The molecule has 21 heavy (non-hydrogen) atoms. The van der Waals surface area contributed by atoms with Crippen molar-refractivity contribution >= 4 is 0 Å². The third-order valence-corrected chi connectivity index (χ3v) is 6.00. The lowest BCUT2D eigenvalue weighted by molar-refractivity contribution is -0.0671. The molecule has 2 heterocycles. The van der Waals surface area contributed by atoms with Crippen LogP contribution in [0.2, 0.25) is 0 Å². The van der Waals surface area contributed by atoms with E-state index in [9.17, 15) is 0 Å². The smallest absolute Gasteiger partial charge is 0.0707 e. The highest BCUT2D eigenvalue weighted by Crippen LogP contribution is 2.36. The van der Waals surface area contributed by atoms with Crippen molar-refractivity contribution in [2.45, 2.75) is 83.6 Å². The number of hydrogen-bond donors (Lipinski definition) is 1. The van der Waals surface area contributed by atoms with Crippen molar-refractivity contribution in [3.63, 3.8) is 0 Å². The Kier molecular flexibility index (Phi) is 5.23. The van der Waals surface area contributed by atoms with E-state index in [-0.39, 0.29) is 0 Å². The van der Waals surface area contributed by atoms with Crippen LogP contribution in [0.1, 0.15) is 59.3 Å². The first-order valence-corrected chi connectivity index (χ1v) is 9.30. The fourth-order valence-electron chi connectivity index (χ4n) is 4.67. The second-order valence-corrected chi connectivity index (χ2v) is 7.86. The SMILES string of the molecule is CCCNC1CCC(C(C)C)CC1N1CC2CCC(C1)O2. The van der Waals surface area contributed by atoms with Crippen LogP contribution < -0.4 is 5.32 Å². The predicted molar refractivity (Wildman–Crippen MR) is 87.5 cm³/mol. The molecule has 3 nitrogen and oxygen atoms in total. The quantitative estimate of drug-likeness (QED) is 0.843. The fraction of sp³-hybridized carbons (Fsp3) is 1.00. The average molecular weight is 294 g/mol. The van der Waals surface area contributed by atoms with Crippen molar-refractivity contribution in [3.05, 3.63) is 0 Å². The summed E-state index contributed by atoms with van der Waals surface area (Å²) in [5.41, 5.74) is 0. The summed E-state index contributed by atoms with van der Waals surface area (Å²) < 4.78 is 6.05. The summed E-state index contributed by atoms with van der Waals surface area (Å²) in [6, 6.07) is 1.45. The number of hydrogen-bond acceptors (Lipinski definition) is 3. The lowest BCUT2D eigenvalue weighted by Gasteiger charge is -2.46. The minimum absolute atomic E-state index is 0.523. The molecular formula is C18H34N2O. The topological polar surface area (TPSA) is 24.5 Å². The highest BCUT2D eigenvalue weighted by molar-refractivity contribution is 4.96. The second-order valence-electron chi connectivity index (χ2n) is 7.86. The summed E-state index contributed by atoms with van der Waals surface area (Å²) in [6.45, 7) is 10.6. The van der Waals surface area contributed by atoms with Gasteiger partial charge in [-0.05, 0) is 56.9 Å². The van der Waals surface area contributed by atoms with Crippen molar-refractivity contribution in [1.29, 1.82) is 0 Å². The minimum Gasteiger partial charge on any atom is -0.372 e. The van der Waals surface area contributed by atoms with Crippen LogP contribution in [0.15, 0.2) is 0 Å². The van der Waals surface area contributed by atoms with Gasteiger partial charge in [-0.3, -0.25) is 4.90 Å². The Bertz CT molecular complexity index is 321. The molecule has 3 aliphatic rings. The summed E-state index contributed by atoms with van der Waals surface area (Å²) in [6.07, 6.45) is 9.02. The molecule has 122 valence electrons. The van der Waals surface area contributed by atoms with E-state index in [2.05, 4.69) is 31.0 Å². The van der Waals surface area contributed by atoms with Crippen LogP contribution in [-0.2, 0) is 4.74 Å². The largest absolute Gasteiger partial charge is 0.372 e. The molecule has 3 rings (SSSR count). The van der Waals surface area contributed by atoms with Gasteiger partial charge < -0.3 is 10.1 Å². The predicted octanol–water partition coefficient (Wildman–Crippen LogP) is 3.04. The molecule has 0 radical (unpaired) electrons. The van der Waals surface area contributed by atoms with Gasteiger partial charge in [0.15, 0.2) is 0 Å². The Morgan fingerprint density at radius 1 is 1.10 bits per heavy atom.